The van der Waals surface area contributed by atoms with Crippen molar-refractivity contribution >= 4 is 17.3 Å². The molecule has 8 heteroatoms. The van der Waals surface area contributed by atoms with E-state index < -0.39 is 22.3 Å². The summed E-state index contributed by atoms with van der Waals surface area (Å²) in [5, 5.41) is 11.0. The Hall–Kier alpha value is -3.16. The van der Waals surface area contributed by atoms with Crippen LogP contribution in [0.2, 0.25) is 0 Å². The zero-order valence-corrected chi connectivity index (χ0v) is 17.0. The standard InChI is InChI=1S/C22H26FN3O4/c1-2-30-18-7-5-15(6-8-18)3-4-16-9-11-25(12-10-16)22(27)19-13-17(23)14-20(21(19)24)26(28)29/h5-8,13-14,16H,2-4,9-12,24H2,1H3. The van der Waals surface area contributed by atoms with Crippen molar-refractivity contribution in [3.8, 4) is 5.75 Å². The summed E-state index contributed by atoms with van der Waals surface area (Å²) in [6.07, 6.45) is 3.64. The molecule has 2 aromatic carbocycles. The van der Waals surface area contributed by atoms with Crippen LogP contribution < -0.4 is 10.5 Å². The highest BCUT2D eigenvalue weighted by Crippen LogP contribution is 2.30. The van der Waals surface area contributed by atoms with Gasteiger partial charge in [0.1, 0.15) is 17.3 Å². The van der Waals surface area contributed by atoms with Crippen molar-refractivity contribution < 1.29 is 18.8 Å². The largest absolute Gasteiger partial charge is 0.494 e. The number of halogens is 1. The minimum absolute atomic E-state index is 0.144. The lowest BCUT2D eigenvalue weighted by molar-refractivity contribution is -0.384. The third kappa shape index (κ3) is 5.06. The number of nitro groups is 1. The number of carbonyl (C=O) groups is 1. The molecule has 160 valence electrons. The van der Waals surface area contributed by atoms with Crippen LogP contribution in [0.5, 0.6) is 5.75 Å². The van der Waals surface area contributed by atoms with Gasteiger partial charge in [-0.25, -0.2) is 4.39 Å². The van der Waals surface area contributed by atoms with Crippen LogP contribution in [0.25, 0.3) is 0 Å². The Balaban J connectivity index is 1.55. The number of amides is 1. The van der Waals surface area contributed by atoms with Crippen LogP contribution in [-0.4, -0.2) is 35.4 Å². The molecule has 2 aromatic rings. The fraction of sp³-hybridized carbons (Fsp3) is 0.409. The number of hydrogen-bond acceptors (Lipinski definition) is 5. The fourth-order valence-electron chi connectivity index (χ4n) is 3.82. The number of hydrogen-bond donors (Lipinski definition) is 1. The smallest absolute Gasteiger partial charge is 0.295 e. The first-order valence-corrected chi connectivity index (χ1v) is 10.1. The lowest BCUT2D eigenvalue weighted by atomic mass is 9.90. The number of nitrogens with two attached hydrogens (primary N) is 1. The van der Waals surface area contributed by atoms with Crippen molar-refractivity contribution in [1.29, 1.82) is 0 Å². The van der Waals surface area contributed by atoms with Crippen LogP contribution in [0.15, 0.2) is 36.4 Å². The summed E-state index contributed by atoms with van der Waals surface area (Å²) >= 11 is 0. The van der Waals surface area contributed by atoms with Gasteiger partial charge < -0.3 is 15.4 Å². The zero-order valence-electron chi connectivity index (χ0n) is 17.0. The molecule has 0 spiro atoms. The van der Waals surface area contributed by atoms with E-state index in [2.05, 4.69) is 12.1 Å². The van der Waals surface area contributed by atoms with Gasteiger partial charge in [0.15, 0.2) is 0 Å². The van der Waals surface area contributed by atoms with Gasteiger partial charge in [-0.2, -0.15) is 0 Å². The molecule has 0 saturated carbocycles. The maximum absolute atomic E-state index is 13.7. The number of carbonyl (C=O) groups excluding carboxylic acids is 1. The number of nitrogen functional groups attached to an aromatic ring is 1. The third-order valence-corrected chi connectivity index (χ3v) is 5.53. The van der Waals surface area contributed by atoms with E-state index in [-0.39, 0.29) is 11.3 Å². The summed E-state index contributed by atoms with van der Waals surface area (Å²) in [6.45, 7) is 3.65. The summed E-state index contributed by atoms with van der Waals surface area (Å²) in [4.78, 5) is 24.6. The average molecular weight is 415 g/mol. The molecule has 30 heavy (non-hydrogen) atoms. The molecule has 0 bridgehead atoms. The molecule has 1 aliphatic heterocycles. The van der Waals surface area contributed by atoms with E-state index in [9.17, 15) is 19.3 Å². The molecule has 1 amide bonds. The van der Waals surface area contributed by atoms with Gasteiger partial charge in [0.05, 0.1) is 23.2 Å². The van der Waals surface area contributed by atoms with Crippen LogP contribution in [0.3, 0.4) is 0 Å². The van der Waals surface area contributed by atoms with Gasteiger partial charge in [-0.1, -0.05) is 12.1 Å². The van der Waals surface area contributed by atoms with Gasteiger partial charge in [-0.15, -0.1) is 0 Å². The van der Waals surface area contributed by atoms with E-state index in [4.69, 9.17) is 10.5 Å². The number of anilines is 1. The van der Waals surface area contributed by atoms with Crippen molar-refractivity contribution in [2.75, 3.05) is 25.4 Å². The molecule has 1 fully saturated rings. The molecule has 2 N–H and O–H groups in total. The fourth-order valence-corrected chi connectivity index (χ4v) is 3.82. The zero-order chi connectivity index (χ0) is 21.7. The summed E-state index contributed by atoms with van der Waals surface area (Å²) in [7, 11) is 0. The normalized spacial score (nSPS) is 14.5. The van der Waals surface area contributed by atoms with Gasteiger partial charge in [-0.05, 0) is 62.3 Å². The number of nitrogens with zero attached hydrogens (tertiary/aromatic N) is 2. The highest BCUT2D eigenvalue weighted by molar-refractivity contribution is 6.01. The average Bonchev–Trinajstić information content (AvgIpc) is 2.74. The van der Waals surface area contributed by atoms with E-state index in [1.165, 1.54) is 5.56 Å². The second kappa shape index (κ2) is 9.56. The van der Waals surface area contributed by atoms with Crippen molar-refractivity contribution in [2.24, 2.45) is 5.92 Å². The molecule has 7 nitrogen and oxygen atoms in total. The Morgan fingerprint density at radius 3 is 2.53 bits per heavy atom. The van der Waals surface area contributed by atoms with E-state index >= 15 is 0 Å². The van der Waals surface area contributed by atoms with Crippen LogP contribution >= 0.6 is 0 Å². The Labute approximate surface area is 174 Å². The SMILES string of the molecule is CCOc1ccc(CCC2CCN(C(=O)c3cc(F)cc([N+](=O)[O-])c3N)CC2)cc1. The molecule has 0 unspecified atom stereocenters. The molecule has 3 rings (SSSR count). The van der Waals surface area contributed by atoms with Crippen molar-refractivity contribution in [2.45, 2.75) is 32.6 Å². The predicted molar refractivity (Wildman–Crippen MR) is 112 cm³/mol. The minimum Gasteiger partial charge on any atom is -0.494 e. The van der Waals surface area contributed by atoms with Gasteiger partial charge in [0.2, 0.25) is 0 Å². The van der Waals surface area contributed by atoms with Crippen molar-refractivity contribution in [1.82, 2.24) is 4.90 Å². The number of aryl methyl sites for hydroxylation is 1. The maximum Gasteiger partial charge on any atom is 0.295 e. The first-order valence-electron chi connectivity index (χ1n) is 10.1. The van der Waals surface area contributed by atoms with Crippen LogP contribution in [0.4, 0.5) is 15.8 Å². The first kappa shape index (κ1) is 21.5. The molecule has 1 heterocycles. The minimum atomic E-state index is -0.843. The van der Waals surface area contributed by atoms with Gasteiger partial charge >= 0.3 is 0 Å². The summed E-state index contributed by atoms with van der Waals surface area (Å²) < 4.78 is 19.2. The molecule has 1 saturated heterocycles. The Bertz CT molecular complexity index is 909. The molecule has 0 radical (unpaired) electrons. The second-order valence-electron chi connectivity index (χ2n) is 7.49. The summed E-state index contributed by atoms with van der Waals surface area (Å²) in [5.74, 6) is 0.0503. The topological polar surface area (TPSA) is 98.7 Å². The first-order chi connectivity index (χ1) is 14.4. The highest BCUT2D eigenvalue weighted by atomic mass is 19.1. The Morgan fingerprint density at radius 2 is 1.93 bits per heavy atom. The third-order valence-electron chi connectivity index (χ3n) is 5.53. The lowest BCUT2D eigenvalue weighted by Gasteiger charge is -2.32. The van der Waals surface area contributed by atoms with Crippen molar-refractivity contribution in [3.05, 3.63) is 63.5 Å². The lowest BCUT2D eigenvalue weighted by Crippen LogP contribution is -2.39. The molecular weight excluding hydrogens is 389 g/mol. The number of ether oxygens (including phenoxy) is 1. The molecule has 1 aliphatic rings. The van der Waals surface area contributed by atoms with Crippen LogP contribution in [-0.2, 0) is 6.42 Å². The molecular formula is C22H26FN3O4. The molecule has 0 aromatic heterocycles. The molecule has 0 aliphatic carbocycles. The maximum atomic E-state index is 13.7. The summed E-state index contributed by atoms with van der Waals surface area (Å²) in [5.41, 5.74) is 6.00. The number of piperidine rings is 1. The summed E-state index contributed by atoms with van der Waals surface area (Å²) in [6, 6.07) is 9.81. The van der Waals surface area contributed by atoms with Gasteiger partial charge in [0.25, 0.3) is 11.6 Å². The van der Waals surface area contributed by atoms with E-state index in [1.54, 1.807) is 4.90 Å². The van der Waals surface area contributed by atoms with E-state index in [1.807, 2.05) is 19.1 Å². The number of likely N-dealkylation sites (tertiary alicyclic amines) is 1. The number of nitro benzene ring substituents is 1. The second-order valence-corrected chi connectivity index (χ2v) is 7.49. The van der Waals surface area contributed by atoms with Crippen molar-refractivity contribution in [3.63, 3.8) is 0 Å². The number of rotatable bonds is 7. The molecule has 0 atom stereocenters. The number of benzene rings is 2. The Kier molecular flexibility index (Phi) is 6.87. The quantitative estimate of drug-likeness (QED) is 0.415. The monoisotopic (exact) mass is 415 g/mol. The van der Waals surface area contributed by atoms with E-state index in [0.717, 1.165) is 43.6 Å². The van der Waals surface area contributed by atoms with Crippen LogP contribution in [0, 0.1) is 21.8 Å². The van der Waals surface area contributed by atoms with Crippen LogP contribution in [0.1, 0.15) is 42.1 Å². The predicted octanol–water partition coefficient (Wildman–Crippen LogP) is 4.20. The van der Waals surface area contributed by atoms with Gasteiger partial charge in [-0.3, -0.25) is 14.9 Å². The van der Waals surface area contributed by atoms with E-state index in [0.29, 0.717) is 25.6 Å². The van der Waals surface area contributed by atoms with Gasteiger partial charge in [0, 0.05) is 13.1 Å². The Morgan fingerprint density at radius 1 is 1.27 bits per heavy atom. The highest BCUT2D eigenvalue weighted by Gasteiger charge is 2.28.